The van der Waals surface area contributed by atoms with Crippen molar-refractivity contribution in [3.05, 3.63) is 29.8 Å². The number of aliphatic carboxylic acids is 1. The lowest BCUT2D eigenvalue weighted by molar-refractivity contribution is -0.131. The van der Waals surface area contributed by atoms with E-state index >= 15 is 0 Å². The number of benzene rings is 1. The van der Waals surface area contributed by atoms with Crippen molar-refractivity contribution in [1.82, 2.24) is 5.32 Å². The summed E-state index contributed by atoms with van der Waals surface area (Å²) in [6, 6.07) is 5.80. The number of alkyl carbamates (subject to hydrolysis) is 1. The van der Waals surface area contributed by atoms with Crippen LogP contribution in [0.5, 0.6) is 0 Å². The van der Waals surface area contributed by atoms with Gasteiger partial charge in [-0.25, -0.2) is 9.59 Å². The molecular formula is C16H20N2O6. The van der Waals surface area contributed by atoms with Crippen molar-refractivity contribution in [2.24, 2.45) is 0 Å². The molecule has 2 amide bonds. The molecule has 8 heteroatoms. The Morgan fingerprint density at radius 1 is 1.12 bits per heavy atom. The number of carbonyl (C=O) groups excluding carboxylic acids is 3. The molecule has 0 aliphatic heterocycles. The molecule has 0 saturated heterocycles. The number of nitrogens with one attached hydrogen (secondary N) is 2. The van der Waals surface area contributed by atoms with Gasteiger partial charge in [-0.2, -0.15) is 0 Å². The molecule has 0 unspecified atom stereocenters. The van der Waals surface area contributed by atoms with Gasteiger partial charge in [0.05, 0.1) is 11.3 Å². The Hall–Kier alpha value is -2.90. The second-order valence-corrected chi connectivity index (χ2v) is 5.91. The number of para-hydroxylation sites is 1. The van der Waals surface area contributed by atoms with Crippen LogP contribution in [0.25, 0.3) is 0 Å². The lowest BCUT2D eigenvalue weighted by Crippen LogP contribution is -2.34. The molecule has 8 nitrogen and oxygen atoms in total. The van der Waals surface area contributed by atoms with Crippen LogP contribution in [0.4, 0.5) is 10.5 Å². The van der Waals surface area contributed by atoms with Gasteiger partial charge in [0.15, 0.2) is 0 Å². The Morgan fingerprint density at radius 3 is 2.33 bits per heavy atom. The molecule has 0 saturated carbocycles. The maximum absolute atomic E-state index is 11.9. The van der Waals surface area contributed by atoms with Crippen LogP contribution in [0, 0.1) is 0 Å². The van der Waals surface area contributed by atoms with Gasteiger partial charge in [-0.3, -0.25) is 9.59 Å². The van der Waals surface area contributed by atoms with Gasteiger partial charge in [0.2, 0.25) is 5.91 Å². The molecule has 1 rings (SSSR count). The summed E-state index contributed by atoms with van der Waals surface area (Å²) in [6.07, 6.45) is -0.703. The highest BCUT2D eigenvalue weighted by Crippen LogP contribution is 2.16. The van der Waals surface area contributed by atoms with Crippen LogP contribution in [0.15, 0.2) is 24.3 Å². The van der Waals surface area contributed by atoms with E-state index in [1.165, 1.54) is 18.2 Å². The van der Waals surface area contributed by atoms with Crippen LogP contribution in [0.3, 0.4) is 0 Å². The van der Waals surface area contributed by atoms with E-state index in [4.69, 9.17) is 9.84 Å². The number of carboxylic acid groups (broad SMARTS) is 1. The van der Waals surface area contributed by atoms with Crippen LogP contribution in [0.2, 0.25) is 0 Å². The van der Waals surface area contributed by atoms with E-state index in [2.05, 4.69) is 10.6 Å². The molecule has 0 atom stereocenters. The normalized spacial score (nSPS) is 10.6. The van der Waals surface area contributed by atoms with Crippen LogP contribution >= 0.6 is 0 Å². The van der Waals surface area contributed by atoms with Crippen molar-refractivity contribution in [3.8, 4) is 0 Å². The maximum atomic E-state index is 11.9. The zero-order chi connectivity index (χ0) is 18.3. The monoisotopic (exact) mass is 336 g/mol. The minimum Gasteiger partial charge on any atom is -0.475 e. The number of carbonyl (C=O) groups is 4. The Balaban J connectivity index is 2.56. The second kappa shape index (κ2) is 8.09. The third-order valence-corrected chi connectivity index (χ3v) is 2.66. The van der Waals surface area contributed by atoms with Gasteiger partial charge in [0.25, 0.3) is 5.78 Å². The van der Waals surface area contributed by atoms with Crippen LogP contribution in [-0.2, 0) is 14.3 Å². The Bertz CT molecular complexity index is 648. The Morgan fingerprint density at radius 2 is 1.75 bits per heavy atom. The molecule has 1 aromatic carbocycles. The zero-order valence-electron chi connectivity index (χ0n) is 13.7. The molecule has 0 aliphatic carbocycles. The smallest absolute Gasteiger partial charge is 0.407 e. The first-order valence-electron chi connectivity index (χ1n) is 7.23. The molecule has 24 heavy (non-hydrogen) atoms. The minimum atomic E-state index is -1.61. The number of anilines is 1. The lowest BCUT2D eigenvalue weighted by atomic mass is 10.1. The molecule has 130 valence electrons. The van der Waals surface area contributed by atoms with E-state index in [0.717, 1.165) is 0 Å². The molecule has 0 bridgehead atoms. The van der Waals surface area contributed by atoms with E-state index in [-0.39, 0.29) is 24.2 Å². The summed E-state index contributed by atoms with van der Waals surface area (Å²) in [5, 5.41) is 13.6. The number of Topliss-reactive ketones (excluding diaryl/α,β-unsaturated/α-hetero) is 1. The fourth-order valence-corrected chi connectivity index (χ4v) is 1.71. The number of hydrogen-bond acceptors (Lipinski definition) is 5. The Kier molecular flexibility index (Phi) is 6.46. The first-order valence-corrected chi connectivity index (χ1v) is 7.23. The standard InChI is InChI=1S/C16H20N2O6/c1-16(2,3)24-15(23)17-9-8-12(19)18-11-7-5-4-6-10(11)13(20)14(21)22/h4-7H,8-9H2,1-3H3,(H,17,23)(H,18,19)(H,21,22). The van der Waals surface area contributed by atoms with Crippen molar-refractivity contribution in [3.63, 3.8) is 0 Å². The highest BCUT2D eigenvalue weighted by Gasteiger charge is 2.19. The topological polar surface area (TPSA) is 122 Å². The SMILES string of the molecule is CC(C)(C)OC(=O)NCCC(=O)Nc1ccccc1C(=O)C(=O)O. The van der Waals surface area contributed by atoms with Crippen molar-refractivity contribution < 1.29 is 29.0 Å². The molecule has 3 N–H and O–H groups in total. The van der Waals surface area contributed by atoms with Crippen LogP contribution in [-0.4, -0.2) is 41.0 Å². The zero-order valence-corrected chi connectivity index (χ0v) is 13.7. The van der Waals surface area contributed by atoms with Gasteiger partial charge in [0, 0.05) is 13.0 Å². The average Bonchev–Trinajstić information content (AvgIpc) is 2.45. The van der Waals surface area contributed by atoms with E-state index in [1.807, 2.05) is 0 Å². The first kappa shape index (κ1) is 19.1. The van der Waals surface area contributed by atoms with Gasteiger partial charge in [-0.1, -0.05) is 12.1 Å². The highest BCUT2D eigenvalue weighted by molar-refractivity contribution is 6.41. The molecule has 0 aliphatic rings. The summed E-state index contributed by atoms with van der Waals surface area (Å²) in [4.78, 5) is 45.6. The van der Waals surface area contributed by atoms with Gasteiger partial charge in [-0.15, -0.1) is 0 Å². The van der Waals surface area contributed by atoms with E-state index in [9.17, 15) is 19.2 Å². The first-order chi connectivity index (χ1) is 11.1. The largest absolute Gasteiger partial charge is 0.475 e. The fraction of sp³-hybridized carbons (Fsp3) is 0.375. The van der Waals surface area contributed by atoms with Gasteiger partial charge in [-0.05, 0) is 32.9 Å². The second-order valence-electron chi connectivity index (χ2n) is 5.91. The summed E-state index contributed by atoms with van der Waals surface area (Å²) >= 11 is 0. The van der Waals surface area contributed by atoms with Crippen molar-refractivity contribution in [2.75, 3.05) is 11.9 Å². The molecule has 0 aromatic heterocycles. The third kappa shape index (κ3) is 6.47. The fourth-order valence-electron chi connectivity index (χ4n) is 1.71. The van der Waals surface area contributed by atoms with E-state index in [1.54, 1.807) is 26.8 Å². The van der Waals surface area contributed by atoms with Crippen LogP contribution in [0.1, 0.15) is 37.6 Å². The highest BCUT2D eigenvalue weighted by atomic mass is 16.6. The molecule has 0 heterocycles. The minimum absolute atomic E-state index is 0.0375. The maximum Gasteiger partial charge on any atom is 0.407 e. The predicted octanol–water partition coefficient (Wildman–Crippen LogP) is 1.81. The number of rotatable bonds is 6. The Labute approximate surface area is 139 Å². The summed E-state index contributed by atoms with van der Waals surface area (Å²) in [6.45, 7) is 5.19. The molecule has 1 aromatic rings. The average molecular weight is 336 g/mol. The predicted molar refractivity (Wildman–Crippen MR) is 85.9 cm³/mol. The summed E-state index contributed by atoms with van der Waals surface area (Å²) in [7, 11) is 0. The number of ether oxygens (including phenoxy) is 1. The number of hydrogen-bond donors (Lipinski definition) is 3. The van der Waals surface area contributed by atoms with Gasteiger partial charge >= 0.3 is 12.1 Å². The van der Waals surface area contributed by atoms with Gasteiger partial charge in [0.1, 0.15) is 5.60 Å². The molecular weight excluding hydrogens is 316 g/mol. The van der Waals surface area contributed by atoms with Crippen molar-refractivity contribution in [2.45, 2.75) is 32.8 Å². The summed E-state index contributed by atoms with van der Waals surface area (Å²) < 4.78 is 5.02. The van der Waals surface area contributed by atoms with Gasteiger partial charge < -0.3 is 20.5 Å². The summed E-state index contributed by atoms with van der Waals surface area (Å²) in [5.74, 6) is -3.20. The molecule has 0 spiro atoms. The van der Waals surface area contributed by atoms with Crippen LogP contribution < -0.4 is 10.6 Å². The number of amides is 2. The summed E-state index contributed by atoms with van der Waals surface area (Å²) in [5.41, 5.74) is -0.645. The molecule has 0 fully saturated rings. The van der Waals surface area contributed by atoms with E-state index in [0.29, 0.717) is 0 Å². The third-order valence-electron chi connectivity index (χ3n) is 2.66. The van der Waals surface area contributed by atoms with Crippen molar-refractivity contribution in [1.29, 1.82) is 0 Å². The van der Waals surface area contributed by atoms with Crippen molar-refractivity contribution >= 4 is 29.4 Å². The molecule has 0 radical (unpaired) electrons. The number of carboxylic acids is 1. The lowest BCUT2D eigenvalue weighted by Gasteiger charge is -2.19. The quantitative estimate of drug-likeness (QED) is 0.538. The van der Waals surface area contributed by atoms with E-state index < -0.39 is 29.4 Å². The number of ketones is 1.